The molecule has 126 valence electrons. The van der Waals surface area contributed by atoms with Gasteiger partial charge >= 0.3 is 0 Å². The van der Waals surface area contributed by atoms with Crippen molar-refractivity contribution in [2.75, 3.05) is 31.1 Å². The quantitative estimate of drug-likeness (QED) is 0.830. The Kier molecular flexibility index (Phi) is 3.72. The first kappa shape index (κ1) is 15.1. The fraction of sp³-hybridized carbons (Fsp3) is 0.471. The van der Waals surface area contributed by atoms with E-state index in [1.807, 2.05) is 24.0 Å². The molecule has 0 aliphatic carbocycles. The molecule has 2 atom stereocenters. The topological polar surface area (TPSA) is 71.7 Å². The molecule has 0 radical (unpaired) electrons. The molecule has 2 saturated heterocycles. The van der Waals surface area contributed by atoms with Gasteiger partial charge < -0.3 is 19.0 Å². The Balaban J connectivity index is 1.55. The van der Waals surface area contributed by atoms with Crippen molar-refractivity contribution < 1.29 is 13.9 Å². The van der Waals surface area contributed by atoms with Gasteiger partial charge in [-0.1, -0.05) is 0 Å². The van der Waals surface area contributed by atoms with Crippen molar-refractivity contribution in [2.45, 2.75) is 26.0 Å². The average Bonchev–Trinajstić information content (AvgIpc) is 3.20. The number of hydrogen-bond acceptors (Lipinski definition) is 6. The molecule has 2 aliphatic heterocycles. The highest BCUT2D eigenvalue weighted by Crippen LogP contribution is 2.28. The van der Waals surface area contributed by atoms with Gasteiger partial charge in [0.25, 0.3) is 5.91 Å². The van der Waals surface area contributed by atoms with E-state index >= 15 is 0 Å². The molecule has 2 aromatic heterocycles. The standard InChI is InChI=1S/C17H20N4O3/c1-11-3-4-16(19-18-11)21-6-8-24-15-10-20(9-14(15)21)17(22)13-5-7-23-12(13)2/h3-5,7,14-15H,6,8-10H2,1-2H3/t14-,15+/m0/s1. The number of morpholine rings is 1. The normalized spacial score (nSPS) is 23.4. The van der Waals surface area contributed by atoms with Crippen molar-refractivity contribution in [3.05, 3.63) is 41.5 Å². The van der Waals surface area contributed by atoms with Crippen molar-refractivity contribution in [1.82, 2.24) is 15.1 Å². The summed E-state index contributed by atoms with van der Waals surface area (Å²) in [7, 11) is 0. The van der Waals surface area contributed by atoms with Crippen LogP contribution in [0.3, 0.4) is 0 Å². The third-order valence-electron chi connectivity index (χ3n) is 4.76. The SMILES string of the molecule is Cc1ccc(N2CCO[C@@H]3CN(C(=O)c4ccoc4C)C[C@@H]32)nn1. The molecule has 2 aliphatic rings. The fourth-order valence-electron chi connectivity index (χ4n) is 3.46. The van der Waals surface area contributed by atoms with Crippen LogP contribution in [0.1, 0.15) is 21.8 Å². The first-order valence-corrected chi connectivity index (χ1v) is 8.15. The second-order valence-electron chi connectivity index (χ2n) is 6.30. The van der Waals surface area contributed by atoms with Gasteiger partial charge in [-0.3, -0.25) is 4.79 Å². The van der Waals surface area contributed by atoms with E-state index in [9.17, 15) is 4.79 Å². The minimum atomic E-state index is -0.00538. The van der Waals surface area contributed by atoms with Gasteiger partial charge in [0.1, 0.15) is 5.76 Å². The number of hydrogen-bond donors (Lipinski definition) is 0. The molecule has 2 fully saturated rings. The van der Waals surface area contributed by atoms with Crippen molar-refractivity contribution in [2.24, 2.45) is 0 Å². The Morgan fingerprint density at radius 2 is 2.08 bits per heavy atom. The number of carbonyl (C=O) groups is 1. The molecule has 4 rings (SSSR count). The number of aromatic nitrogens is 2. The summed E-state index contributed by atoms with van der Waals surface area (Å²) < 4.78 is 11.2. The van der Waals surface area contributed by atoms with Gasteiger partial charge in [-0.05, 0) is 32.0 Å². The number of furan rings is 1. The van der Waals surface area contributed by atoms with Crippen LogP contribution in [-0.4, -0.2) is 59.4 Å². The van der Waals surface area contributed by atoms with Gasteiger partial charge in [-0.15, -0.1) is 5.10 Å². The summed E-state index contributed by atoms with van der Waals surface area (Å²) in [5.74, 6) is 1.49. The lowest BCUT2D eigenvalue weighted by Gasteiger charge is -2.37. The second-order valence-corrected chi connectivity index (χ2v) is 6.30. The highest BCUT2D eigenvalue weighted by atomic mass is 16.5. The van der Waals surface area contributed by atoms with E-state index in [1.54, 1.807) is 19.3 Å². The Bertz CT molecular complexity index is 743. The number of carbonyl (C=O) groups excluding carboxylic acids is 1. The van der Waals surface area contributed by atoms with Crippen molar-refractivity contribution in [3.8, 4) is 0 Å². The highest BCUT2D eigenvalue weighted by molar-refractivity contribution is 5.95. The summed E-state index contributed by atoms with van der Waals surface area (Å²) >= 11 is 0. The Labute approximate surface area is 140 Å². The molecule has 0 unspecified atom stereocenters. The van der Waals surface area contributed by atoms with Crippen molar-refractivity contribution >= 4 is 11.7 Å². The van der Waals surface area contributed by atoms with Gasteiger partial charge in [-0.2, -0.15) is 5.10 Å². The summed E-state index contributed by atoms with van der Waals surface area (Å²) in [6.07, 6.45) is 1.55. The van der Waals surface area contributed by atoms with E-state index in [0.29, 0.717) is 31.0 Å². The number of rotatable bonds is 2. The molecular formula is C17H20N4O3. The predicted octanol–water partition coefficient (Wildman–Crippen LogP) is 1.42. The molecule has 0 aromatic carbocycles. The molecule has 1 amide bonds. The summed E-state index contributed by atoms with van der Waals surface area (Å²) in [5.41, 5.74) is 1.51. The Morgan fingerprint density at radius 1 is 1.21 bits per heavy atom. The molecule has 0 bridgehead atoms. The zero-order chi connectivity index (χ0) is 16.7. The van der Waals surface area contributed by atoms with Gasteiger partial charge in [-0.25, -0.2) is 0 Å². The van der Waals surface area contributed by atoms with Gasteiger partial charge in [0.15, 0.2) is 5.82 Å². The van der Waals surface area contributed by atoms with E-state index in [2.05, 4.69) is 15.1 Å². The molecular weight excluding hydrogens is 308 g/mol. The number of nitrogens with zero attached hydrogens (tertiary/aromatic N) is 4. The lowest BCUT2D eigenvalue weighted by Crippen LogP contribution is -2.51. The lowest BCUT2D eigenvalue weighted by atomic mass is 10.1. The van der Waals surface area contributed by atoms with Crippen LogP contribution in [0.4, 0.5) is 5.82 Å². The summed E-state index contributed by atoms with van der Waals surface area (Å²) in [5, 5.41) is 8.45. The van der Waals surface area contributed by atoms with Crippen LogP contribution in [0.5, 0.6) is 0 Å². The number of aryl methyl sites for hydroxylation is 2. The molecule has 4 heterocycles. The molecule has 0 spiro atoms. The van der Waals surface area contributed by atoms with Crippen molar-refractivity contribution in [3.63, 3.8) is 0 Å². The number of ether oxygens (including phenoxy) is 1. The third kappa shape index (κ3) is 2.54. The Morgan fingerprint density at radius 3 is 2.79 bits per heavy atom. The van der Waals surface area contributed by atoms with Gasteiger partial charge in [0.2, 0.25) is 0 Å². The van der Waals surface area contributed by atoms with Crippen LogP contribution in [0, 0.1) is 13.8 Å². The third-order valence-corrected chi connectivity index (χ3v) is 4.76. The first-order valence-electron chi connectivity index (χ1n) is 8.15. The summed E-state index contributed by atoms with van der Waals surface area (Å²) in [6.45, 7) is 6.31. The monoisotopic (exact) mass is 328 g/mol. The number of amides is 1. The van der Waals surface area contributed by atoms with Crippen LogP contribution >= 0.6 is 0 Å². The summed E-state index contributed by atoms with van der Waals surface area (Å²) in [4.78, 5) is 16.8. The van der Waals surface area contributed by atoms with Crippen LogP contribution in [0.15, 0.2) is 28.9 Å². The maximum Gasteiger partial charge on any atom is 0.257 e. The minimum absolute atomic E-state index is 0.00184. The second kappa shape index (κ2) is 5.90. The van der Waals surface area contributed by atoms with E-state index < -0.39 is 0 Å². The maximum atomic E-state index is 12.7. The smallest absolute Gasteiger partial charge is 0.257 e. The largest absolute Gasteiger partial charge is 0.469 e. The van der Waals surface area contributed by atoms with Crippen LogP contribution in [-0.2, 0) is 4.74 Å². The van der Waals surface area contributed by atoms with Crippen LogP contribution in [0.25, 0.3) is 0 Å². The first-order chi connectivity index (χ1) is 11.6. The van der Waals surface area contributed by atoms with E-state index in [-0.39, 0.29) is 18.1 Å². The molecule has 2 aromatic rings. The number of anilines is 1. The van der Waals surface area contributed by atoms with Gasteiger partial charge in [0.05, 0.1) is 36.3 Å². The minimum Gasteiger partial charge on any atom is -0.469 e. The molecule has 24 heavy (non-hydrogen) atoms. The summed E-state index contributed by atoms with van der Waals surface area (Å²) in [6, 6.07) is 5.77. The molecule has 7 nitrogen and oxygen atoms in total. The number of likely N-dealkylation sites (tertiary alicyclic amines) is 1. The predicted molar refractivity (Wildman–Crippen MR) is 87.0 cm³/mol. The zero-order valence-corrected chi connectivity index (χ0v) is 13.8. The van der Waals surface area contributed by atoms with E-state index in [4.69, 9.17) is 9.15 Å². The van der Waals surface area contributed by atoms with Crippen LogP contribution < -0.4 is 4.90 Å². The van der Waals surface area contributed by atoms with E-state index in [1.165, 1.54) is 0 Å². The highest BCUT2D eigenvalue weighted by Gasteiger charge is 2.43. The molecule has 0 saturated carbocycles. The lowest BCUT2D eigenvalue weighted by molar-refractivity contribution is 0.0299. The average molecular weight is 328 g/mol. The molecule has 7 heteroatoms. The maximum absolute atomic E-state index is 12.7. The van der Waals surface area contributed by atoms with Crippen molar-refractivity contribution in [1.29, 1.82) is 0 Å². The Hall–Kier alpha value is -2.41. The zero-order valence-electron chi connectivity index (χ0n) is 13.8. The number of fused-ring (bicyclic) bond motifs is 1. The fourth-order valence-corrected chi connectivity index (χ4v) is 3.46. The van der Waals surface area contributed by atoms with E-state index in [0.717, 1.165) is 18.1 Å². The molecule has 0 N–H and O–H groups in total. The van der Waals surface area contributed by atoms with Crippen LogP contribution in [0.2, 0.25) is 0 Å². The van der Waals surface area contributed by atoms with Gasteiger partial charge in [0, 0.05) is 19.6 Å².